The Bertz CT molecular complexity index is 903. The Morgan fingerprint density at radius 1 is 1.19 bits per heavy atom. The maximum atomic E-state index is 5.87. The molecule has 1 aromatic heterocycles. The Morgan fingerprint density at radius 2 is 2.00 bits per heavy atom. The van der Waals surface area contributed by atoms with Crippen LogP contribution >= 0.6 is 0 Å². The van der Waals surface area contributed by atoms with E-state index < -0.39 is 0 Å². The van der Waals surface area contributed by atoms with Gasteiger partial charge in [-0.2, -0.15) is 4.98 Å². The van der Waals surface area contributed by atoms with E-state index in [1.807, 2.05) is 16.8 Å². The summed E-state index contributed by atoms with van der Waals surface area (Å²) in [6, 6.07) is 17.0. The summed E-state index contributed by atoms with van der Waals surface area (Å²) in [5, 5.41) is 7.88. The molecule has 0 fully saturated rings. The summed E-state index contributed by atoms with van der Waals surface area (Å²) in [5.74, 6) is 1.81. The van der Waals surface area contributed by atoms with Crippen molar-refractivity contribution >= 4 is 11.9 Å². The first-order valence-electron chi connectivity index (χ1n) is 8.89. The lowest BCUT2D eigenvalue weighted by molar-refractivity contribution is 0.406. The van der Waals surface area contributed by atoms with Crippen molar-refractivity contribution in [1.82, 2.24) is 14.8 Å². The zero-order chi connectivity index (χ0) is 18.1. The predicted molar refractivity (Wildman–Crippen MR) is 102 cm³/mol. The van der Waals surface area contributed by atoms with Gasteiger partial charge in [0.1, 0.15) is 5.75 Å². The van der Waals surface area contributed by atoms with Crippen LogP contribution in [0.4, 0.5) is 11.9 Å². The third-order valence-electron chi connectivity index (χ3n) is 4.97. The van der Waals surface area contributed by atoms with Gasteiger partial charge in [-0.1, -0.05) is 43.3 Å². The highest BCUT2D eigenvalue weighted by molar-refractivity contribution is 5.43. The molecule has 1 aliphatic heterocycles. The maximum Gasteiger partial charge on any atom is 0.241 e. The standard InChI is InChI=1S/C20H23N5O/c1-3-13-7-9-14(10-8-13)17-12-18(15-5-4-6-16(11-15)26-2)25-20(22-17)23-19(21)24-25/h4-11,17-18H,3,12H2,1-2H3,(H3,21,22,23,24)/t17-,18-/m1/s1. The Kier molecular flexibility index (Phi) is 4.24. The zero-order valence-electron chi connectivity index (χ0n) is 15.0. The Labute approximate surface area is 153 Å². The zero-order valence-corrected chi connectivity index (χ0v) is 15.0. The number of ether oxygens (including phenoxy) is 1. The lowest BCUT2D eigenvalue weighted by atomic mass is 9.92. The highest BCUT2D eigenvalue weighted by Crippen LogP contribution is 2.38. The van der Waals surface area contributed by atoms with Crippen LogP contribution in [0.5, 0.6) is 5.75 Å². The molecule has 6 nitrogen and oxygen atoms in total. The highest BCUT2D eigenvalue weighted by atomic mass is 16.5. The van der Waals surface area contributed by atoms with Crippen molar-refractivity contribution in [2.24, 2.45) is 0 Å². The van der Waals surface area contributed by atoms with Gasteiger partial charge in [0.2, 0.25) is 11.9 Å². The van der Waals surface area contributed by atoms with E-state index in [1.165, 1.54) is 11.1 Å². The van der Waals surface area contributed by atoms with Crippen LogP contribution in [0.2, 0.25) is 0 Å². The molecular weight excluding hydrogens is 326 g/mol. The second-order valence-electron chi connectivity index (χ2n) is 6.56. The van der Waals surface area contributed by atoms with Crippen molar-refractivity contribution in [2.45, 2.75) is 31.8 Å². The lowest BCUT2D eigenvalue weighted by Gasteiger charge is -2.32. The monoisotopic (exact) mass is 349 g/mol. The molecule has 26 heavy (non-hydrogen) atoms. The largest absolute Gasteiger partial charge is 0.497 e. The van der Waals surface area contributed by atoms with Crippen LogP contribution in [-0.2, 0) is 6.42 Å². The first-order valence-corrected chi connectivity index (χ1v) is 8.89. The fourth-order valence-electron chi connectivity index (χ4n) is 3.52. The Balaban J connectivity index is 1.72. The van der Waals surface area contributed by atoms with Crippen LogP contribution in [0.3, 0.4) is 0 Å². The van der Waals surface area contributed by atoms with Gasteiger partial charge in [0, 0.05) is 0 Å². The molecule has 0 saturated heterocycles. The third kappa shape index (κ3) is 2.98. The van der Waals surface area contributed by atoms with Crippen LogP contribution in [0, 0.1) is 0 Å². The lowest BCUT2D eigenvalue weighted by Crippen LogP contribution is -2.28. The Hall–Kier alpha value is -3.02. The van der Waals surface area contributed by atoms with Crippen molar-refractivity contribution < 1.29 is 4.74 Å². The first-order chi connectivity index (χ1) is 12.7. The van der Waals surface area contributed by atoms with E-state index in [-0.39, 0.29) is 18.0 Å². The molecule has 2 heterocycles. The molecule has 2 atom stereocenters. The molecule has 3 aromatic rings. The fourth-order valence-corrected chi connectivity index (χ4v) is 3.52. The van der Waals surface area contributed by atoms with Gasteiger partial charge in [0.05, 0.1) is 19.2 Å². The second-order valence-corrected chi connectivity index (χ2v) is 6.56. The molecule has 0 amide bonds. The number of aryl methyl sites for hydroxylation is 1. The van der Waals surface area contributed by atoms with Gasteiger partial charge in [-0.05, 0) is 41.7 Å². The van der Waals surface area contributed by atoms with Gasteiger partial charge >= 0.3 is 0 Å². The molecule has 0 spiro atoms. The molecule has 3 N–H and O–H groups in total. The van der Waals surface area contributed by atoms with Gasteiger partial charge in [-0.3, -0.25) is 0 Å². The number of methoxy groups -OCH3 is 1. The van der Waals surface area contributed by atoms with E-state index in [1.54, 1.807) is 7.11 Å². The summed E-state index contributed by atoms with van der Waals surface area (Å²) in [6.45, 7) is 2.16. The number of nitrogens with zero attached hydrogens (tertiary/aromatic N) is 3. The number of aromatic nitrogens is 3. The van der Waals surface area contributed by atoms with Crippen molar-refractivity contribution in [1.29, 1.82) is 0 Å². The summed E-state index contributed by atoms with van der Waals surface area (Å²) >= 11 is 0. The minimum atomic E-state index is 0.0435. The van der Waals surface area contributed by atoms with Gasteiger partial charge < -0.3 is 15.8 Å². The highest BCUT2D eigenvalue weighted by Gasteiger charge is 2.31. The van der Waals surface area contributed by atoms with Crippen molar-refractivity contribution in [3.8, 4) is 5.75 Å². The van der Waals surface area contributed by atoms with E-state index in [4.69, 9.17) is 10.5 Å². The molecule has 0 aliphatic carbocycles. The average Bonchev–Trinajstić information content (AvgIpc) is 3.07. The molecular formula is C20H23N5O. The van der Waals surface area contributed by atoms with E-state index in [0.717, 1.165) is 24.2 Å². The van der Waals surface area contributed by atoms with Gasteiger partial charge in [-0.25, -0.2) is 4.68 Å². The Morgan fingerprint density at radius 3 is 2.73 bits per heavy atom. The number of nitrogen functional groups attached to an aromatic ring is 1. The van der Waals surface area contributed by atoms with E-state index in [9.17, 15) is 0 Å². The topological polar surface area (TPSA) is 78.0 Å². The normalized spacial score (nSPS) is 18.8. The number of nitrogens with two attached hydrogens (primary N) is 1. The summed E-state index contributed by atoms with van der Waals surface area (Å²) < 4.78 is 7.27. The third-order valence-corrected chi connectivity index (χ3v) is 4.97. The van der Waals surface area contributed by atoms with E-state index >= 15 is 0 Å². The number of rotatable bonds is 4. The summed E-state index contributed by atoms with van der Waals surface area (Å²) in [4.78, 5) is 4.37. The van der Waals surface area contributed by atoms with E-state index in [2.05, 4.69) is 58.7 Å². The smallest absolute Gasteiger partial charge is 0.241 e. The van der Waals surface area contributed by atoms with Crippen LogP contribution in [0.25, 0.3) is 0 Å². The van der Waals surface area contributed by atoms with E-state index in [0.29, 0.717) is 5.95 Å². The molecule has 0 bridgehead atoms. The molecule has 4 rings (SSSR count). The number of fused-ring (bicyclic) bond motifs is 1. The summed E-state index contributed by atoms with van der Waals surface area (Å²) in [7, 11) is 1.68. The molecule has 0 unspecified atom stereocenters. The van der Waals surface area contributed by atoms with Crippen LogP contribution in [0.1, 0.15) is 42.1 Å². The van der Waals surface area contributed by atoms with Crippen molar-refractivity contribution in [2.75, 3.05) is 18.2 Å². The first kappa shape index (κ1) is 16.4. The second kappa shape index (κ2) is 6.71. The molecule has 1 aliphatic rings. The quantitative estimate of drug-likeness (QED) is 0.753. The number of hydrogen-bond donors (Lipinski definition) is 2. The van der Waals surface area contributed by atoms with Gasteiger partial charge in [0.25, 0.3) is 0 Å². The average molecular weight is 349 g/mol. The summed E-state index contributed by atoms with van der Waals surface area (Å²) in [5.41, 5.74) is 9.57. The van der Waals surface area contributed by atoms with Gasteiger partial charge in [0.15, 0.2) is 0 Å². The molecule has 6 heteroatoms. The van der Waals surface area contributed by atoms with Crippen molar-refractivity contribution in [3.05, 3.63) is 65.2 Å². The predicted octanol–water partition coefficient (Wildman–Crippen LogP) is 3.58. The van der Waals surface area contributed by atoms with Crippen molar-refractivity contribution in [3.63, 3.8) is 0 Å². The molecule has 0 saturated carbocycles. The maximum absolute atomic E-state index is 5.87. The van der Waals surface area contributed by atoms with Crippen LogP contribution in [-0.4, -0.2) is 21.9 Å². The van der Waals surface area contributed by atoms with Crippen LogP contribution in [0.15, 0.2) is 48.5 Å². The minimum absolute atomic E-state index is 0.0435. The number of anilines is 2. The fraction of sp³-hybridized carbons (Fsp3) is 0.300. The minimum Gasteiger partial charge on any atom is -0.497 e. The molecule has 0 radical (unpaired) electrons. The number of hydrogen-bond acceptors (Lipinski definition) is 5. The summed E-state index contributed by atoms with van der Waals surface area (Å²) in [6.07, 6.45) is 1.89. The SMILES string of the molecule is CCc1ccc([C@H]2C[C@H](c3cccc(OC)c3)n3nc(N)nc3N2)cc1. The molecule has 2 aromatic carbocycles. The van der Waals surface area contributed by atoms with Crippen LogP contribution < -0.4 is 15.8 Å². The number of nitrogens with one attached hydrogen (secondary N) is 1. The number of benzene rings is 2. The molecule has 134 valence electrons. The van der Waals surface area contributed by atoms with Gasteiger partial charge in [-0.15, -0.1) is 5.10 Å².